The van der Waals surface area contributed by atoms with Gasteiger partial charge >= 0.3 is 0 Å². The summed E-state index contributed by atoms with van der Waals surface area (Å²) >= 11 is 0. The Morgan fingerprint density at radius 2 is 2.06 bits per heavy atom. The molecule has 1 saturated heterocycles. The molecule has 17 heavy (non-hydrogen) atoms. The van der Waals surface area contributed by atoms with E-state index in [2.05, 4.69) is 24.4 Å². The van der Waals surface area contributed by atoms with E-state index in [1.807, 2.05) is 32.0 Å². The lowest BCUT2D eigenvalue weighted by Crippen LogP contribution is -2.36. The smallest absolute Gasteiger partial charge is 0.163 e. The zero-order valence-corrected chi connectivity index (χ0v) is 10.8. The monoisotopic (exact) mass is 235 g/mol. The van der Waals surface area contributed by atoms with Crippen LogP contribution in [-0.4, -0.2) is 24.5 Å². The average Bonchev–Trinajstić information content (AvgIpc) is 2.68. The highest BCUT2D eigenvalue weighted by Gasteiger charge is 2.36. The number of para-hydroxylation sites is 1. The summed E-state index contributed by atoms with van der Waals surface area (Å²) in [4.78, 5) is 0. The first-order chi connectivity index (χ1) is 8.11. The highest BCUT2D eigenvalue weighted by Crippen LogP contribution is 2.26. The molecule has 1 aromatic rings. The van der Waals surface area contributed by atoms with Gasteiger partial charge in [-0.2, -0.15) is 0 Å². The molecular weight excluding hydrogens is 214 g/mol. The van der Waals surface area contributed by atoms with Crippen LogP contribution in [0.1, 0.15) is 27.2 Å². The molecule has 2 rings (SSSR count). The molecule has 3 heteroatoms. The Hall–Kier alpha value is -1.06. The Balaban J connectivity index is 1.98. The molecule has 1 N–H and O–H groups in total. The van der Waals surface area contributed by atoms with E-state index in [0.29, 0.717) is 12.6 Å². The van der Waals surface area contributed by atoms with Gasteiger partial charge in [0.05, 0.1) is 12.6 Å². The van der Waals surface area contributed by atoms with Crippen molar-refractivity contribution in [2.24, 2.45) is 0 Å². The zero-order chi connectivity index (χ0) is 12.3. The first-order valence-corrected chi connectivity index (χ1v) is 6.24. The Labute approximate surface area is 103 Å². The van der Waals surface area contributed by atoms with Crippen molar-refractivity contribution >= 4 is 5.69 Å². The van der Waals surface area contributed by atoms with Crippen LogP contribution < -0.4 is 5.32 Å². The predicted molar refractivity (Wildman–Crippen MR) is 69.0 cm³/mol. The fraction of sp³-hybridized carbons (Fsp3) is 0.571. The third-order valence-corrected chi connectivity index (χ3v) is 3.04. The van der Waals surface area contributed by atoms with Gasteiger partial charge in [-0.15, -0.1) is 0 Å². The van der Waals surface area contributed by atoms with Crippen molar-refractivity contribution in [2.75, 3.05) is 11.9 Å². The van der Waals surface area contributed by atoms with E-state index in [1.54, 1.807) is 0 Å². The molecule has 0 bridgehead atoms. The molecular formula is C14H21NO2. The molecule has 1 heterocycles. The van der Waals surface area contributed by atoms with Crippen molar-refractivity contribution in [3.63, 3.8) is 0 Å². The van der Waals surface area contributed by atoms with Crippen LogP contribution in [0.25, 0.3) is 0 Å². The third kappa shape index (κ3) is 3.20. The van der Waals surface area contributed by atoms with Gasteiger partial charge in [-0.3, -0.25) is 0 Å². The van der Waals surface area contributed by atoms with Gasteiger partial charge in [0.2, 0.25) is 0 Å². The molecule has 3 nitrogen and oxygen atoms in total. The minimum Gasteiger partial charge on any atom is -0.380 e. The van der Waals surface area contributed by atoms with Crippen molar-refractivity contribution < 1.29 is 9.47 Å². The lowest BCUT2D eigenvalue weighted by Gasteiger charge is -2.25. The van der Waals surface area contributed by atoms with Crippen LogP contribution in [0.4, 0.5) is 5.69 Å². The van der Waals surface area contributed by atoms with Gasteiger partial charge in [-0.25, -0.2) is 0 Å². The van der Waals surface area contributed by atoms with E-state index >= 15 is 0 Å². The predicted octanol–water partition coefficient (Wildman–Crippen LogP) is 3.03. The van der Waals surface area contributed by atoms with Crippen molar-refractivity contribution in [3.8, 4) is 0 Å². The largest absolute Gasteiger partial charge is 0.380 e. The minimum atomic E-state index is -0.448. The number of benzene rings is 1. The van der Waals surface area contributed by atoms with Crippen molar-refractivity contribution in [1.29, 1.82) is 0 Å². The Kier molecular flexibility index (Phi) is 3.69. The molecule has 0 aliphatic carbocycles. The second kappa shape index (κ2) is 5.07. The summed E-state index contributed by atoms with van der Waals surface area (Å²) in [6.07, 6.45) is 1.13. The normalized spacial score (nSPS) is 24.5. The first kappa shape index (κ1) is 12.4. The van der Waals surface area contributed by atoms with Crippen molar-refractivity contribution in [2.45, 2.75) is 45.1 Å². The molecule has 94 valence electrons. The van der Waals surface area contributed by atoms with Gasteiger partial charge in [-0.05, 0) is 32.4 Å². The lowest BCUT2D eigenvalue weighted by atomic mass is 10.1. The molecule has 1 aliphatic heterocycles. The van der Waals surface area contributed by atoms with Crippen LogP contribution in [0.3, 0.4) is 0 Å². The maximum atomic E-state index is 5.89. The Morgan fingerprint density at radius 1 is 1.35 bits per heavy atom. The van der Waals surface area contributed by atoms with Gasteiger partial charge in [-0.1, -0.05) is 25.1 Å². The maximum absolute atomic E-state index is 5.89. The second-order valence-corrected chi connectivity index (χ2v) is 4.89. The molecule has 1 fully saturated rings. The van der Waals surface area contributed by atoms with Gasteiger partial charge in [0, 0.05) is 5.69 Å². The molecule has 0 aromatic heterocycles. The number of hydrogen-bond acceptors (Lipinski definition) is 3. The molecule has 1 aromatic carbocycles. The summed E-state index contributed by atoms with van der Waals surface area (Å²) in [5.41, 5.74) is 1.13. The first-order valence-electron chi connectivity index (χ1n) is 6.24. The third-order valence-electron chi connectivity index (χ3n) is 3.04. The van der Waals surface area contributed by atoms with E-state index < -0.39 is 5.79 Å². The van der Waals surface area contributed by atoms with E-state index in [9.17, 15) is 0 Å². The number of ether oxygens (including phenoxy) is 2. The van der Waals surface area contributed by atoms with Crippen LogP contribution in [0.5, 0.6) is 0 Å². The Bertz CT molecular complexity index is 350. The Morgan fingerprint density at radius 3 is 2.59 bits per heavy atom. The summed E-state index contributed by atoms with van der Waals surface area (Å²) < 4.78 is 11.5. The molecule has 0 radical (unpaired) electrons. The van der Waals surface area contributed by atoms with E-state index in [4.69, 9.17) is 9.47 Å². The standard InChI is InChI=1S/C14H21NO2/c1-4-12(13-10-16-14(2,3)17-13)15-11-8-6-5-7-9-11/h5-9,12-13,15H,4,10H2,1-3H3/t12-,13+/m0/s1. The van der Waals surface area contributed by atoms with E-state index in [-0.39, 0.29) is 6.10 Å². The number of hydrogen-bond donors (Lipinski definition) is 1. The molecule has 2 atom stereocenters. The van der Waals surface area contributed by atoms with Gasteiger partial charge in [0.1, 0.15) is 6.10 Å². The van der Waals surface area contributed by atoms with Crippen LogP contribution >= 0.6 is 0 Å². The van der Waals surface area contributed by atoms with E-state index in [1.165, 1.54) is 0 Å². The molecule has 0 amide bonds. The highest BCUT2D eigenvalue weighted by atomic mass is 16.7. The van der Waals surface area contributed by atoms with Crippen molar-refractivity contribution in [1.82, 2.24) is 0 Å². The zero-order valence-electron chi connectivity index (χ0n) is 10.8. The van der Waals surface area contributed by atoms with Crippen LogP contribution in [0, 0.1) is 0 Å². The quantitative estimate of drug-likeness (QED) is 0.870. The summed E-state index contributed by atoms with van der Waals surface area (Å²) in [5, 5.41) is 3.50. The van der Waals surface area contributed by atoms with Crippen molar-refractivity contribution in [3.05, 3.63) is 30.3 Å². The second-order valence-electron chi connectivity index (χ2n) is 4.89. The van der Waals surface area contributed by atoms with Crippen LogP contribution in [0.2, 0.25) is 0 Å². The molecule has 0 spiro atoms. The van der Waals surface area contributed by atoms with Crippen LogP contribution in [-0.2, 0) is 9.47 Å². The molecule has 1 aliphatic rings. The topological polar surface area (TPSA) is 30.5 Å². The molecule has 0 saturated carbocycles. The summed E-state index contributed by atoms with van der Waals surface area (Å²) in [6, 6.07) is 10.5. The maximum Gasteiger partial charge on any atom is 0.163 e. The minimum absolute atomic E-state index is 0.121. The summed E-state index contributed by atoms with van der Waals surface area (Å²) in [7, 11) is 0. The van der Waals surface area contributed by atoms with Crippen LogP contribution in [0.15, 0.2) is 30.3 Å². The number of rotatable bonds is 4. The number of anilines is 1. The van der Waals surface area contributed by atoms with Gasteiger partial charge < -0.3 is 14.8 Å². The number of nitrogens with one attached hydrogen (secondary N) is 1. The van der Waals surface area contributed by atoms with Gasteiger partial charge in [0.25, 0.3) is 0 Å². The SMILES string of the molecule is CC[C@H](Nc1ccccc1)[C@H]1COC(C)(C)O1. The highest BCUT2D eigenvalue weighted by molar-refractivity contribution is 5.43. The van der Waals surface area contributed by atoms with E-state index in [0.717, 1.165) is 12.1 Å². The fourth-order valence-corrected chi connectivity index (χ4v) is 2.12. The lowest BCUT2D eigenvalue weighted by molar-refractivity contribution is -0.139. The average molecular weight is 235 g/mol. The summed E-state index contributed by atoms with van der Waals surface area (Å²) in [5.74, 6) is -0.448. The fourth-order valence-electron chi connectivity index (χ4n) is 2.12. The molecule has 0 unspecified atom stereocenters. The van der Waals surface area contributed by atoms with Gasteiger partial charge in [0.15, 0.2) is 5.79 Å². The summed E-state index contributed by atoms with van der Waals surface area (Å²) in [6.45, 7) is 6.74.